The van der Waals surface area contributed by atoms with Gasteiger partial charge in [-0.15, -0.1) is 0 Å². The molecule has 4 aliphatic rings. The second kappa shape index (κ2) is 8.47. The molecule has 0 aromatic heterocycles. The number of hydrogen-bond donors (Lipinski definition) is 1. The molecule has 0 aliphatic heterocycles. The summed E-state index contributed by atoms with van der Waals surface area (Å²) < 4.78 is 26.3. The normalized spacial score (nSPS) is 42.8. The smallest absolute Gasteiger partial charge is 0.178 e. The Kier molecular flexibility index (Phi) is 6.12. The van der Waals surface area contributed by atoms with E-state index in [2.05, 4.69) is 33.8 Å². The van der Waals surface area contributed by atoms with Crippen molar-refractivity contribution in [1.82, 2.24) is 0 Å². The first-order valence-electron chi connectivity index (χ1n) is 13.7. The molecule has 3 nitrogen and oxygen atoms in total. The lowest BCUT2D eigenvalue weighted by Gasteiger charge is -2.58. The number of sulfone groups is 1. The fourth-order valence-corrected chi connectivity index (χ4v) is 10.8. The van der Waals surface area contributed by atoms with Crippen LogP contribution in [0.15, 0.2) is 46.9 Å². The van der Waals surface area contributed by atoms with Crippen LogP contribution in [-0.4, -0.2) is 24.9 Å². The summed E-state index contributed by atoms with van der Waals surface area (Å²) in [5.74, 6) is 2.79. The Morgan fingerprint density at radius 2 is 1.79 bits per heavy atom. The monoisotopic (exact) mass is 484 g/mol. The van der Waals surface area contributed by atoms with Crippen molar-refractivity contribution in [2.45, 2.75) is 96.0 Å². The molecule has 1 aromatic rings. The van der Waals surface area contributed by atoms with Gasteiger partial charge in [0.15, 0.2) is 9.84 Å². The number of fused-ring (bicyclic) bond motifs is 5. The van der Waals surface area contributed by atoms with Crippen molar-refractivity contribution in [2.75, 3.05) is 5.75 Å². The lowest BCUT2D eigenvalue weighted by Crippen LogP contribution is -2.51. The lowest BCUT2D eigenvalue weighted by atomic mass is 9.47. The highest BCUT2D eigenvalue weighted by Gasteiger charge is 2.58. The molecule has 188 valence electrons. The van der Waals surface area contributed by atoms with E-state index >= 15 is 0 Å². The van der Waals surface area contributed by atoms with Gasteiger partial charge in [0.25, 0.3) is 0 Å². The minimum atomic E-state index is -3.26. The second-order valence-corrected chi connectivity index (χ2v) is 14.8. The highest BCUT2D eigenvalue weighted by Crippen LogP contribution is 2.67. The standard InChI is InChI=1S/C30H44O3S/c1-5-30(31)18-17-28(3)22(19-30)11-12-24-26-14-13-25(29(26,4)16-15-27(24)28)21(2)20-34(32,33)23-9-7-6-8-10-23/h6-10,15,21-22,24-26,31H,5,11-14,16-20H2,1-4H3/t21-,22+,24+,25-,26+,28+,29-,30+/m1/s1. The van der Waals surface area contributed by atoms with Crippen molar-refractivity contribution in [3.8, 4) is 0 Å². The molecule has 4 aliphatic carbocycles. The highest BCUT2D eigenvalue weighted by atomic mass is 32.2. The molecule has 1 N–H and O–H groups in total. The van der Waals surface area contributed by atoms with Crippen molar-refractivity contribution < 1.29 is 13.5 Å². The zero-order chi connectivity index (χ0) is 24.4. The summed E-state index contributed by atoms with van der Waals surface area (Å²) in [6, 6.07) is 8.99. The fourth-order valence-electron chi connectivity index (χ4n) is 9.07. The fraction of sp³-hybridized carbons (Fsp3) is 0.733. The van der Waals surface area contributed by atoms with Gasteiger partial charge in [0.2, 0.25) is 0 Å². The number of hydrogen-bond acceptors (Lipinski definition) is 3. The Morgan fingerprint density at radius 1 is 1.06 bits per heavy atom. The quantitative estimate of drug-likeness (QED) is 0.467. The summed E-state index contributed by atoms with van der Waals surface area (Å²) in [7, 11) is -3.26. The van der Waals surface area contributed by atoms with Crippen LogP contribution in [0.1, 0.15) is 85.5 Å². The Bertz CT molecular complexity index is 1050. The van der Waals surface area contributed by atoms with Crippen LogP contribution in [0.5, 0.6) is 0 Å². The summed E-state index contributed by atoms with van der Waals surface area (Å²) in [6.45, 7) is 9.29. The van der Waals surface area contributed by atoms with E-state index in [-0.39, 0.29) is 22.5 Å². The number of aliphatic hydroxyl groups is 1. The van der Waals surface area contributed by atoms with Gasteiger partial charge in [0, 0.05) is 0 Å². The predicted octanol–water partition coefficient (Wildman–Crippen LogP) is 6.82. The van der Waals surface area contributed by atoms with Gasteiger partial charge >= 0.3 is 0 Å². The predicted molar refractivity (Wildman–Crippen MR) is 138 cm³/mol. The SMILES string of the molecule is CC[C@]1(O)CC[C@]2(C)C3=CC[C@]4(C)[C@@H]([C@H](C)CS(=O)(=O)c5ccccc5)CC[C@H]4[C@@H]3CC[C@H]2C1. The van der Waals surface area contributed by atoms with E-state index in [0.29, 0.717) is 28.6 Å². The molecule has 34 heavy (non-hydrogen) atoms. The first-order chi connectivity index (χ1) is 16.0. The molecule has 1 aromatic carbocycles. The van der Waals surface area contributed by atoms with Gasteiger partial charge in [0.1, 0.15) is 0 Å². The third kappa shape index (κ3) is 3.82. The minimum Gasteiger partial charge on any atom is -0.390 e. The molecule has 0 unspecified atom stereocenters. The van der Waals surface area contributed by atoms with Gasteiger partial charge in [0.05, 0.1) is 16.2 Å². The van der Waals surface area contributed by atoms with E-state index < -0.39 is 15.4 Å². The second-order valence-electron chi connectivity index (χ2n) is 12.8. The highest BCUT2D eigenvalue weighted by molar-refractivity contribution is 7.91. The van der Waals surface area contributed by atoms with E-state index in [4.69, 9.17) is 0 Å². The van der Waals surface area contributed by atoms with Crippen LogP contribution in [0.2, 0.25) is 0 Å². The zero-order valence-corrected chi connectivity index (χ0v) is 22.4. The van der Waals surface area contributed by atoms with Gasteiger partial charge < -0.3 is 5.11 Å². The van der Waals surface area contributed by atoms with E-state index in [1.54, 1.807) is 17.7 Å². The van der Waals surface area contributed by atoms with Crippen LogP contribution in [0.4, 0.5) is 0 Å². The van der Waals surface area contributed by atoms with Crippen LogP contribution >= 0.6 is 0 Å². The minimum absolute atomic E-state index is 0.163. The molecule has 0 spiro atoms. The van der Waals surface area contributed by atoms with Crippen LogP contribution in [0, 0.1) is 40.4 Å². The number of allylic oxidation sites excluding steroid dienone is 2. The van der Waals surface area contributed by atoms with Gasteiger partial charge in [-0.2, -0.15) is 0 Å². The topological polar surface area (TPSA) is 54.4 Å². The molecule has 5 rings (SSSR count). The summed E-state index contributed by atoms with van der Waals surface area (Å²) in [4.78, 5) is 0.461. The molecule has 0 heterocycles. The number of rotatable bonds is 5. The average Bonchev–Trinajstić information content (AvgIpc) is 3.17. The Hall–Kier alpha value is -1.13. The van der Waals surface area contributed by atoms with Crippen molar-refractivity contribution >= 4 is 9.84 Å². The summed E-state index contributed by atoms with van der Waals surface area (Å²) in [5, 5.41) is 11.0. The van der Waals surface area contributed by atoms with Gasteiger partial charge in [-0.1, -0.05) is 57.5 Å². The summed E-state index contributed by atoms with van der Waals surface area (Å²) >= 11 is 0. The maximum Gasteiger partial charge on any atom is 0.178 e. The lowest BCUT2D eigenvalue weighted by molar-refractivity contribution is -0.0769. The van der Waals surface area contributed by atoms with E-state index in [0.717, 1.165) is 38.5 Å². The summed E-state index contributed by atoms with van der Waals surface area (Å²) in [6.07, 6.45) is 12.4. The maximum atomic E-state index is 13.1. The van der Waals surface area contributed by atoms with Gasteiger partial charge in [-0.25, -0.2) is 8.42 Å². The first-order valence-corrected chi connectivity index (χ1v) is 15.4. The Morgan fingerprint density at radius 3 is 2.50 bits per heavy atom. The van der Waals surface area contributed by atoms with Crippen LogP contribution < -0.4 is 0 Å². The van der Waals surface area contributed by atoms with Gasteiger partial charge in [-0.3, -0.25) is 0 Å². The van der Waals surface area contributed by atoms with Crippen LogP contribution in [-0.2, 0) is 9.84 Å². The van der Waals surface area contributed by atoms with Crippen molar-refractivity contribution in [3.63, 3.8) is 0 Å². The average molecular weight is 485 g/mol. The molecule has 0 amide bonds. The van der Waals surface area contributed by atoms with Crippen molar-refractivity contribution in [2.24, 2.45) is 40.4 Å². The molecule has 8 atom stereocenters. The number of benzene rings is 1. The zero-order valence-electron chi connectivity index (χ0n) is 21.6. The van der Waals surface area contributed by atoms with Crippen molar-refractivity contribution in [1.29, 1.82) is 0 Å². The van der Waals surface area contributed by atoms with Crippen LogP contribution in [0.25, 0.3) is 0 Å². The van der Waals surface area contributed by atoms with Crippen LogP contribution in [0.3, 0.4) is 0 Å². The molecule has 0 bridgehead atoms. The molecule has 4 heteroatoms. The Balaban J connectivity index is 1.37. The molecule has 0 radical (unpaired) electrons. The largest absolute Gasteiger partial charge is 0.390 e. The van der Waals surface area contributed by atoms with E-state index in [9.17, 15) is 13.5 Å². The molecular weight excluding hydrogens is 440 g/mol. The molecule has 0 saturated heterocycles. The Labute approximate surface area is 207 Å². The van der Waals surface area contributed by atoms with E-state index in [1.807, 2.05) is 18.2 Å². The third-order valence-electron chi connectivity index (χ3n) is 11.2. The molecule has 3 fully saturated rings. The molecular formula is C30H44O3S. The van der Waals surface area contributed by atoms with Gasteiger partial charge in [-0.05, 0) is 110 Å². The maximum absolute atomic E-state index is 13.1. The third-order valence-corrected chi connectivity index (χ3v) is 13.1. The van der Waals surface area contributed by atoms with Crippen molar-refractivity contribution in [3.05, 3.63) is 42.0 Å². The first kappa shape index (κ1) is 24.6. The molecule has 3 saturated carbocycles. The summed E-state index contributed by atoms with van der Waals surface area (Å²) in [5.41, 5.74) is 1.68. The van der Waals surface area contributed by atoms with E-state index in [1.165, 1.54) is 19.3 Å².